The number of amides is 1. The second-order valence-electron chi connectivity index (χ2n) is 6.46. The molecule has 150 valence electrons. The van der Waals surface area contributed by atoms with E-state index >= 15 is 0 Å². The van der Waals surface area contributed by atoms with Crippen molar-refractivity contribution in [2.45, 2.75) is 6.92 Å². The van der Waals surface area contributed by atoms with Gasteiger partial charge in [0.05, 0.1) is 21.9 Å². The molecule has 9 heteroatoms. The third-order valence-electron chi connectivity index (χ3n) is 4.48. The minimum Gasteiger partial charge on any atom is -0.457 e. The largest absolute Gasteiger partial charge is 0.457 e. The van der Waals surface area contributed by atoms with Gasteiger partial charge in [-0.25, -0.2) is 0 Å². The fourth-order valence-corrected chi connectivity index (χ4v) is 3.66. The van der Waals surface area contributed by atoms with Crippen LogP contribution >= 0.6 is 27.5 Å². The number of hydrazone groups is 1. The Bertz CT molecular complexity index is 1230. The number of nitro groups is 1. The fraction of sp³-hybridized carbons (Fsp3) is 0.0476. The Morgan fingerprint density at radius 1 is 1.17 bits per heavy atom. The van der Waals surface area contributed by atoms with E-state index in [2.05, 4.69) is 21.0 Å². The highest BCUT2D eigenvalue weighted by Gasteiger charge is 2.29. The summed E-state index contributed by atoms with van der Waals surface area (Å²) in [7, 11) is 0. The van der Waals surface area contributed by atoms with Gasteiger partial charge in [-0.1, -0.05) is 11.6 Å². The molecule has 0 fully saturated rings. The number of halogens is 2. The molecule has 0 saturated heterocycles. The van der Waals surface area contributed by atoms with Gasteiger partial charge in [-0.15, -0.1) is 0 Å². The van der Waals surface area contributed by atoms with Crippen LogP contribution in [-0.2, 0) is 4.79 Å². The topological polar surface area (TPSA) is 89.0 Å². The molecule has 2 aromatic carbocycles. The molecule has 0 atom stereocenters. The average molecular weight is 487 g/mol. The summed E-state index contributed by atoms with van der Waals surface area (Å²) in [5, 5.41) is 17.1. The molecule has 1 amide bonds. The predicted octanol–water partition coefficient (Wildman–Crippen LogP) is 6.08. The van der Waals surface area contributed by atoms with E-state index in [9.17, 15) is 14.9 Å². The minimum atomic E-state index is -0.465. The number of carbonyl (C=O) groups is 1. The lowest BCUT2D eigenvalue weighted by Crippen LogP contribution is -2.21. The van der Waals surface area contributed by atoms with E-state index in [1.165, 1.54) is 17.1 Å². The van der Waals surface area contributed by atoms with Gasteiger partial charge < -0.3 is 4.42 Å². The number of carbonyl (C=O) groups excluding carboxylic acids is 1. The highest BCUT2D eigenvalue weighted by atomic mass is 79.9. The molecular formula is C21H13BrClN3O4. The molecule has 0 unspecified atom stereocenters. The number of hydrogen-bond donors (Lipinski definition) is 0. The highest BCUT2D eigenvalue weighted by Crippen LogP contribution is 2.33. The van der Waals surface area contributed by atoms with Crippen LogP contribution in [0.3, 0.4) is 0 Å². The molecule has 1 aliphatic heterocycles. The van der Waals surface area contributed by atoms with Crippen LogP contribution in [0.2, 0.25) is 5.02 Å². The molecule has 0 radical (unpaired) electrons. The standard InChI is InChI=1S/C21H13BrClN3O4/c1-12-18(21(27)25(24-12)14-4-2-13(23)3-5-14)11-16-7-9-20(30-16)17-8-6-15(26(28)29)10-19(17)22/h2-11H,1H3/b18-11+. The summed E-state index contributed by atoms with van der Waals surface area (Å²) < 4.78 is 6.38. The lowest BCUT2D eigenvalue weighted by molar-refractivity contribution is -0.384. The first-order valence-electron chi connectivity index (χ1n) is 8.75. The number of rotatable bonds is 4. The Kier molecular flexibility index (Phi) is 5.27. The van der Waals surface area contributed by atoms with Gasteiger partial charge in [-0.05, 0) is 71.4 Å². The van der Waals surface area contributed by atoms with Crippen LogP contribution in [0, 0.1) is 10.1 Å². The second kappa shape index (κ2) is 7.89. The number of nitro benzene ring substituents is 1. The third kappa shape index (κ3) is 3.79. The number of non-ortho nitro benzene ring substituents is 1. The Balaban J connectivity index is 1.61. The summed E-state index contributed by atoms with van der Waals surface area (Å²) >= 11 is 9.25. The van der Waals surface area contributed by atoms with Gasteiger partial charge >= 0.3 is 0 Å². The zero-order chi connectivity index (χ0) is 21.4. The first kappa shape index (κ1) is 20.1. The van der Waals surface area contributed by atoms with Crippen molar-refractivity contribution in [3.63, 3.8) is 0 Å². The maximum Gasteiger partial charge on any atom is 0.280 e. The number of benzene rings is 2. The Labute approximate surface area is 184 Å². The third-order valence-corrected chi connectivity index (χ3v) is 5.38. The minimum absolute atomic E-state index is 0.0230. The van der Waals surface area contributed by atoms with E-state index in [0.717, 1.165) is 0 Å². The van der Waals surface area contributed by atoms with Crippen molar-refractivity contribution in [3.05, 3.63) is 85.5 Å². The van der Waals surface area contributed by atoms with E-state index in [-0.39, 0.29) is 11.6 Å². The first-order chi connectivity index (χ1) is 14.3. The van der Waals surface area contributed by atoms with Crippen molar-refractivity contribution in [3.8, 4) is 11.3 Å². The van der Waals surface area contributed by atoms with Gasteiger partial charge in [0.15, 0.2) is 0 Å². The molecule has 1 aromatic heterocycles. The van der Waals surface area contributed by atoms with Crippen molar-refractivity contribution >= 4 is 56.6 Å². The molecule has 30 heavy (non-hydrogen) atoms. The van der Waals surface area contributed by atoms with Gasteiger partial charge in [0.25, 0.3) is 11.6 Å². The first-order valence-corrected chi connectivity index (χ1v) is 9.92. The summed E-state index contributed by atoms with van der Waals surface area (Å²) in [6.07, 6.45) is 1.62. The lowest BCUT2D eigenvalue weighted by Gasteiger charge is -2.11. The van der Waals surface area contributed by atoms with E-state index in [0.29, 0.717) is 43.6 Å². The summed E-state index contributed by atoms with van der Waals surface area (Å²) in [4.78, 5) is 23.3. The van der Waals surface area contributed by atoms with E-state index in [4.69, 9.17) is 16.0 Å². The van der Waals surface area contributed by atoms with Gasteiger partial charge in [-0.3, -0.25) is 14.9 Å². The van der Waals surface area contributed by atoms with E-state index in [1.54, 1.807) is 55.5 Å². The molecule has 0 bridgehead atoms. The Hall–Kier alpha value is -3.23. The van der Waals surface area contributed by atoms with E-state index < -0.39 is 4.92 Å². The summed E-state index contributed by atoms with van der Waals surface area (Å²) in [6, 6.07) is 14.7. The van der Waals surface area contributed by atoms with Crippen LogP contribution in [-0.4, -0.2) is 16.5 Å². The second-order valence-corrected chi connectivity index (χ2v) is 7.75. The monoisotopic (exact) mass is 485 g/mol. The maximum absolute atomic E-state index is 12.8. The normalized spacial score (nSPS) is 15.0. The van der Waals surface area contributed by atoms with Crippen molar-refractivity contribution in [2.75, 3.05) is 5.01 Å². The number of anilines is 1. The Morgan fingerprint density at radius 3 is 2.57 bits per heavy atom. The molecule has 0 N–H and O–H groups in total. The molecule has 4 rings (SSSR count). The van der Waals surface area contributed by atoms with E-state index in [1.807, 2.05) is 0 Å². The number of furan rings is 1. The zero-order valence-corrected chi connectivity index (χ0v) is 17.8. The smallest absolute Gasteiger partial charge is 0.280 e. The summed E-state index contributed by atoms with van der Waals surface area (Å²) in [5.74, 6) is 0.702. The van der Waals surface area contributed by atoms with Crippen molar-refractivity contribution < 1.29 is 14.1 Å². The van der Waals surface area contributed by atoms with Crippen LogP contribution in [0.5, 0.6) is 0 Å². The number of hydrogen-bond acceptors (Lipinski definition) is 5. The van der Waals surface area contributed by atoms with Gasteiger partial charge in [0, 0.05) is 27.2 Å². The lowest BCUT2D eigenvalue weighted by atomic mass is 10.1. The molecule has 1 aliphatic rings. The van der Waals surface area contributed by atoms with Crippen LogP contribution in [0.25, 0.3) is 17.4 Å². The van der Waals surface area contributed by atoms with Crippen LogP contribution in [0.1, 0.15) is 12.7 Å². The predicted molar refractivity (Wildman–Crippen MR) is 119 cm³/mol. The molecule has 0 saturated carbocycles. The molecule has 7 nitrogen and oxygen atoms in total. The van der Waals surface area contributed by atoms with Crippen LogP contribution in [0.4, 0.5) is 11.4 Å². The quantitative estimate of drug-likeness (QED) is 0.254. The van der Waals surface area contributed by atoms with Crippen molar-refractivity contribution in [1.82, 2.24) is 0 Å². The van der Waals surface area contributed by atoms with Gasteiger partial charge in [0.1, 0.15) is 11.5 Å². The number of nitrogens with zero attached hydrogens (tertiary/aromatic N) is 3. The average Bonchev–Trinajstić information content (AvgIpc) is 3.28. The van der Waals surface area contributed by atoms with Gasteiger partial charge in [0.2, 0.25) is 0 Å². The zero-order valence-electron chi connectivity index (χ0n) is 15.5. The summed E-state index contributed by atoms with van der Waals surface area (Å²) in [6.45, 7) is 1.75. The van der Waals surface area contributed by atoms with Gasteiger partial charge in [-0.2, -0.15) is 10.1 Å². The molecule has 3 aromatic rings. The van der Waals surface area contributed by atoms with Crippen molar-refractivity contribution in [2.24, 2.45) is 5.10 Å². The molecule has 0 spiro atoms. The van der Waals surface area contributed by atoms with Crippen molar-refractivity contribution in [1.29, 1.82) is 0 Å². The van der Waals surface area contributed by atoms with Crippen LogP contribution in [0.15, 0.2) is 74.2 Å². The SMILES string of the molecule is CC1=NN(c2ccc(Cl)cc2)C(=O)/C1=C/c1ccc(-c2ccc([N+](=O)[O-])cc2Br)o1. The fourth-order valence-electron chi connectivity index (χ4n) is 2.98. The molecule has 2 heterocycles. The van der Waals surface area contributed by atoms with Crippen LogP contribution < -0.4 is 5.01 Å². The Morgan fingerprint density at radius 2 is 1.90 bits per heavy atom. The molecular weight excluding hydrogens is 474 g/mol. The highest BCUT2D eigenvalue weighted by molar-refractivity contribution is 9.10. The molecule has 0 aliphatic carbocycles. The maximum atomic E-state index is 12.8. The summed E-state index contributed by atoms with van der Waals surface area (Å²) in [5.41, 5.74) is 2.22.